The predicted molar refractivity (Wildman–Crippen MR) is 69.0 cm³/mol. The normalized spacial score (nSPS) is 10.5. The average molecular weight is 261 g/mol. The van der Waals surface area contributed by atoms with Crippen molar-refractivity contribution in [1.29, 1.82) is 0 Å². The summed E-state index contributed by atoms with van der Waals surface area (Å²) < 4.78 is 26.5. The van der Waals surface area contributed by atoms with E-state index in [0.29, 0.717) is 24.6 Å². The van der Waals surface area contributed by atoms with E-state index in [9.17, 15) is 13.6 Å². The van der Waals surface area contributed by atoms with E-state index in [4.69, 9.17) is 5.73 Å². The van der Waals surface area contributed by atoms with Crippen molar-refractivity contribution in [2.24, 2.45) is 5.73 Å². The van der Waals surface area contributed by atoms with Crippen LogP contribution in [0.5, 0.6) is 0 Å². The highest BCUT2D eigenvalue weighted by Crippen LogP contribution is 2.18. The van der Waals surface area contributed by atoms with Crippen LogP contribution in [0.4, 0.5) is 8.78 Å². The SMILES string of the molecule is NCCc1ccccc1C(=O)c1ccc(F)cc1F. The molecule has 0 unspecified atom stereocenters. The van der Waals surface area contributed by atoms with Crippen molar-refractivity contribution in [3.05, 3.63) is 70.8 Å². The highest BCUT2D eigenvalue weighted by molar-refractivity contribution is 6.10. The van der Waals surface area contributed by atoms with Gasteiger partial charge in [-0.15, -0.1) is 0 Å². The first kappa shape index (κ1) is 13.4. The van der Waals surface area contributed by atoms with Gasteiger partial charge in [0.1, 0.15) is 11.6 Å². The second-order valence-electron chi connectivity index (χ2n) is 4.15. The lowest BCUT2D eigenvalue weighted by Crippen LogP contribution is -2.11. The smallest absolute Gasteiger partial charge is 0.196 e. The maximum atomic E-state index is 13.6. The number of nitrogens with two attached hydrogens (primary N) is 1. The maximum absolute atomic E-state index is 13.6. The number of rotatable bonds is 4. The van der Waals surface area contributed by atoms with Crippen LogP contribution >= 0.6 is 0 Å². The van der Waals surface area contributed by atoms with Crippen LogP contribution in [0.3, 0.4) is 0 Å². The highest BCUT2D eigenvalue weighted by Gasteiger charge is 2.17. The lowest BCUT2D eigenvalue weighted by atomic mass is 9.96. The van der Waals surface area contributed by atoms with Crippen LogP contribution in [0, 0.1) is 11.6 Å². The van der Waals surface area contributed by atoms with Gasteiger partial charge in [0.25, 0.3) is 0 Å². The third kappa shape index (κ3) is 2.85. The van der Waals surface area contributed by atoms with Crippen molar-refractivity contribution in [2.75, 3.05) is 6.54 Å². The van der Waals surface area contributed by atoms with Gasteiger partial charge in [0.2, 0.25) is 0 Å². The quantitative estimate of drug-likeness (QED) is 0.860. The number of benzene rings is 2. The predicted octanol–water partition coefficient (Wildman–Crippen LogP) is 2.70. The fourth-order valence-corrected chi connectivity index (χ4v) is 1.93. The number of carbonyl (C=O) groups excluding carboxylic acids is 1. The molecule has 0 saturated carbocycles. The molecule has 0 aromatic heterocycles. The zero-order valence-electron chi connectivity index (χ0n) is 10.2. The Kier molecular flexibility index (Phi) is 4.02. The van der Waals surface area contributed by atoms with Crippen molar-refractivity contribution < 1.29 is 13.6 Å². The first-order valence-corrected chi connectivity index (χ1v) is 5.91. The topological polar surface area (TPSA) is 43.1 Å². The van der Waals surface area contributed by atoms with Gasteiger partial charge in [0.15, 0.2) is 5.78 Å². The van der Waals surface area contributed by atoms with Crippen LogP contribution in [0.25, 0.3) is 0 Å². The Balaban J connectivity index is 2.44. The molecular formula is C15H13F2NO. The number of hydrogen-bond donors (Lipinski definition) is 1. The number of hydrogen-bond acceptors (Lipinski definition) is 2. The maximum Gasteiger partial charge on any atom is 0.196 e. The molecule has 0 radical (unpaired) electrons. The van der Waals surface area contributed by atoms with Gasteiger partial charge in [-0.25, -0.2) is 8.78 Å². The van der Waals surface area contributed by atoms with Gasteiger partial charge in [0.05, 0.1) is 5.56 Å². The molecule has 0 atom stereocenters. The Morgan fingerprint density at radius 2 is 1.79 bits per heavy atom. The van der Waals surface area contributed by atoms with Crippen molar-refractivity contribution in [2.45, 2.75) is 6.42 Å². The van der Waals surface area contributed by atoms with E-state index in [0.717, 1.165) is 17.7 Å². The van der Waals surface area contributed by atoms with Gasteiger partial charge in [-0.05, 0) is 30.7 Å². The molecule has 98 valence electrons. The van der Waals surface area contributed by atoms with Gasteiger partial charge >= 0.3 is 0 Å². The van der Waals surface area contributed by atoms with Crippen molar-refractivity contribution >= 4 is 5.78 Å². The summed E-state index contributed by atoms with van der Waals surface area (Å²) in [4.78, 5) is 12.3. The minimum atomic E-state index is -0.854. The second kappa shape index (κ2) is 5.71. The van der Waals surface area contributed by atoms with Crippen molar-refractivity contribution in [3.63, 3.8) is 0 Å². The second-order valence-corrected chi connectivity index (χ2v) is 4.15. The fourth-order valence-electron chi connectivity index (χ4n) is 1.93. The molecule has 0 saturated heterocycles. The minimum Gasteiger partial charge on any atom is -0.330 e. The van der Waals surface area contributed by atoms with Crippen LogP contribution < -0.4 is 5.73 Å². The van der Waals surface area contributed by atoms with E-state index < -0.39 is 17.4 Å². The van der Waals surface area contributed by atoms with E-state index in [2.05, 4.69) is 0 Å². The first-order valence-electron chi connectivity index (χ1n) is 5.91. The molecular weight excluding hydrogens is 248 g/mol. The molecule has 2 nitrogen and oxygen atoms in total. The molecule has 0 fully saturated rings. The van der Waals surface area contributed by atoms with Crippen molar-refractivity contribution in [1.82, 2.24) is 0 Å². The number of carbonyl (C=O) groups is 1. The molecule has 0 bridgehead atoms. The third-order valence-electron chi connectivity index (χ3n) is 2.85. The Hall–Kier alpha value is -2.07. The Labute approximate surface area is 109 Å². The standard InChI is InChI=1S/C15H13F2NO/c16-11-5-6-13(14(17)9-11)15(19)12-4-2-1-3-10(12)7-8-18/h1-6,9H,7-8,18H2. The average Bonchev–Trinajstić information content (AvgIpc) is 2.39. The summed E-state index contributed by atoms with van der Waals surface area (Å²) in [6.07, 6.45) is 0.532. The van der Waals surface area contributed by atoms with E-state index in [-0.39, 0.29) is 5.56 Å². The summed E-state index contributed by atoms with van der Waals surface area (Å²) in [6, 6.07) is 9.84. The van der Waals surface area contributed by atoms with Gasteiger partial charge in [0, 0.05) is 11.6 Å². The summed E-state index contributed by atoms with van der Waals surface area (Å²) in [5, 5.41) is 0. The van der Waals surface area contributed by atoms with Gasteiger partial charge in [-0.1, -0.05) is 24.3 Å². The van der Waals surface area contributed by atoms with E-state index in [1.54, 1.807) is 24.3 Å². The third-order valence-corrected chi connectivity index (χ3v) is 2.85. The zero-order chi connectivity index (χ0) is 13.8. The molecule has 0 heterocycles. The molecule has 0 aliphatic carbocycles. The first-order chi connectivity index (χ1) is 9.13. The largest absolute Gasteiger partial charge is 0.330 e. The number of halogens is 2. The molecule has 0 spiro atoms. The molecule has 2 aromatic rings. The zero-order valence-corrected chi connectivity index (χ0v) is 10.2. The Morgan fingerprint density at radius 1 is 1.05 bits per heavy atom. The van der Waals surface area contributed by atoms with E-state index in [1.165, 1.54) is 0 Å². The highest BCUT2D eigenvalue weighted by atomic mass is 19.1. The van der Waals surface area contributed by atoms with Crippen LogP contribution in [-0.4, -0.2) is 12.3 Å². The van der Waals surface area contributed by atoms with Crippen LogP contribution in [0.15, 0.2) is 42.5 Å². The van der Waals surface area contributed by atoms with E-state index >= 15 is 0 Å². The molecule has 4 heteroatoms. The van der Waals surface area contributed by atoms with Crippen LogP contribution in [0.1, 0.15) is 21.5 Å². The summed E-state index contributed by atoms with van der Waals surface area (Å²) in [5.74, 6) is -2.02. The Morgan fingerprint density at radius 3 is 2.47 bits per heavy atom. The molecule has 0 amide bonds. The minimum absolute atomic E-state index is 0.133. The molecule has 19 heavy (non-hydrogen) atoms. The summed E-state index contributed by atoms with van der Waals surface area (Å²) in [6.45, 7) is 0.399. The van der Waals surface area contributed by atoms with Gasteiger partial charge in [-0.2, -0.15) is 0 Å². The number of ketones is 1. The van der Waals surface area contributed by atoms with Gasteiger partial charge < -0.3 is 5.73 Å². The molecule has 0 aliphatic heterocycles. The monoisotopic (exact) mass is 261 g/mol. The Bertz CT molecular complexity index is 611. The van der Waals surface area contributed by atoms with Crippen molar-refractivity contribution in [3.8, 4) is 0 Å². The van der Waals surface area contributed by atoms with E-state index in [1.807, 2.05) is 0 Å². The van der Waals surface area contributed by atoms with Crippen LogP contribution in [0.2, 0.25) is 0 Å². The fraction of sp³-hybridized carbons (Fsp3) is 0.133. The molecule has 2 aromatic carbocycles. The summed E-state index contributed by atoms with van der Waals surface area (Å²) >= 11 is 0. The summed E-state index contributed by atoms with van der Waals surface area (Å²) in [7, 11) is 0. The molecule has 0 aliphatic rings. The lowest BCUT2D eigenvalue weighted by molar-refractivity contribution is 0.103. The molecule has 2 N–H and O–H groups in total. The van der Waals surface area contributed by atoms with Crippen LogP contribution in [-0.2, 0) is 6.42 Å². The summed E-state index contributed by atoms with van der Waals surface area (Å²) in [5.41, 5.74) is 6.51. The lowest BCUT2D eigenvalue weighted by Gasteiger charge is -2.08. The molecule has 2 rings (SSSR count). The van der Waals surface area contributed by atoms with Gasteiger partial charge in [-0.3, -0.25) is 4.79 Å².